The van der Waals surface area contributed by atoms with Gasteiger partial charge in [-0.05, 0) is 56.4 Å². The van der Waals surface area contributed by atoms with Crippen molar-refractivity contribution in [1.29, 1.82) is 0 Å². The number of thioether (sulfide) groups is 1. The van der Waals surface area contributed by atoms with Gasteiger partial charge in [-0.25, -0.2) is 9.67 Å². The minimum Gasteiger partial charge on any atom is -0.392 e. The number of tetrazole rings is 1. The third-order valence-electron chi connectivity index (χ3n) is 8.66. The second-order valence-electron chi connectivity index (χ2n) is 12.0. The topological polar surface area (TPSA) is 137 Å². The molecular weight excluding hydrogens is 639 g/mol. The summed E-state index contributed by atoms with van der Waals surface area (Å²) in [7, 11) is 1.82. The van der Waals surface area contributed by atoms with E-state index in [9.17, 15) is 9.90 Å². The summed E-state index contributed by atoms with van der Waals surface area (Å²) in [5.41, 5.74) is 7.51. The molecule has 3 heterocycles. The van der Waals surface area contributed by atoms with E-state index < -0.39 is 6.29 Å². The van der Waals surface area contributed by atoms with Crippen LogP contribution in [0.1, 0.15) is 52.1 Å². The van der Waals surface area contributed by atoms with E-state index in [-0.39, 0.29) is 36.3 Å². The van der Waals surface area contributed by atoms with Crippen molar-refractivity contribution >= 4 is 28.7 Å². The van der Waals surface area contributed by atoms with Crippen molar-refractivity contribution in [2.45, 2.75) is 43.7 Å². The summed E-state index contributed by atoms with van der Waals surface area (Å²) >= 11 is 1.55. The second kappa shape index (κ2) is 14.6. The number of hydrogen-bond donors (Lipinski definition) is 2. The predicted octanol–water partition coefficient (Wildman–Crippen LogP) is 5.83. The van der Waals surface area contributed by atoms with Crippen molar-refractivity contribution in [2.24, 2.45) is 13.0 Å². The lowest BCUT2D eigenvalue weighted by Gasteiger charge is -2.41. The number of rotatable bonds is 10. The Balaban J connectivity index is 1.05. The molecule has 0 radical (unpaired) electrons. The zero-order valence-corrected chi connectivity index (χ0v) is 27.8. The first-order valence-corrected chi connectivity index (χ1v) is 17.0. The minimum absolute atomic E-state index is 0.0114. The van der Waals surface area contributed by atoms with Gasteiger partial charge >= 0.3 is 0 Å². The number of carbonyl (C=O) groups excluding carboxylic acids is 1. The number of nitrogens with one attached hydrogen (secondary N) is 1. The number of amides is 1. The van der Waals surface area contributed by atoms with E-state index in [1.165, 1.54) is 6.20 Å². The maximum atomic E-state index is 12.8. The molecule has 1 fully saturated rings. The summed E-state index contributed by atoms with van der Waals surface area (Å²) in [6.45, 7) is 2.48. The predicted molar refractivity (Wildman–Crippen MR) is 185 cm³/mol. The number of aliphatic hydroxyl groups excluding tert-OH is 1. The lowest BCUT2D eigenvalue weighted by Crippen LogP contribution is -2.38. The van der Waals surface area contributed by atoms with Gasteiger partial charge in [0, 0.05) is 30.8 Å². The van der Waals surface area contributed by atoms with Gasteiger partial charge in [-0.1, -0.05) is 97.5 Å². The summed E-state index contributed by atoms with van der Waals surface area (Å²) < 4.78 is 14.9. The molecular formula is C37H35N7O4S. The smallest absolute Gasteiger partial charge is 0.271 e. The molecule has 248 valence electrons. The third-order valence-corrected chi connectivity index (χ3v) is 9.76. The Kier molecular flexibility index (Phi) is 9.71. The average molecular weight is 674 g/mol. The zero-order valence-electron chi connectivity index (χ0n) is 27.0. The molecule has 0 bridgehead atoms. The molecule has 0 saturated carbocycles. The Bertz CT molecular complexity index is 2060. The fraction of sp³-hybridized carbons (Fsp3) is 0.243. The van der Waals surface area contributed by atoms with Gasteiger partial charge in [-0.15, -0.1) is 5.10 Å². The molecule has 1 aliphatic rings. The number of para-hydroxylation sites is 2. The Morgan fingerprint density at radius 2 is 1.67 bits per heavy atom. The fourth-order valence-corrected chi connectivity index (χ4v) is 6.86. The monoisotopic (exact) mass is 673 g/mol. The van der Waals surface area contributed by atoms with Crippen LogP contribution >= 0.6 is 11.8 Å². The van der Waals surface area contributed by atoms with Crippen molar-refractivity contribution in [1.82, 2.24) is 35.5 Å². The molecule has 49 heavy (non-hydrogen) atoms. The fourth-order valence-electron chi connectivity index (χ4n) is 5.84. The van der Waals surface area contributed by atoms with Crippen LogP contribution in [0.15, 0.2) is 108 Å². The highest BCUT2D eigenvalue weighted by Crippen LogP contribution is 2.43. The van der Waals surface area contributed by atoms with Gasteiger partial charge in [0.05, 0.1) is 36.0 Å². The van der Waals surface area contributed by atoms with Gasteiger partial charge < -0.3 is 19.9 Å². The van der Waals surface area contributed by atoms with Crippen molar-refractivity contribution in [2.75, 3.05) is 5.75 Å². The molecule has 1 aliphatic heterocycles. The normalized spacial score (nSPS) is 19.2. The quantitative estimate of drug-likeness (QED) is 0.171. The van der Waals surface area contributed by atoms with Gasteiger partial charge in [0.2, 0.25) is 5.16 Å². The Morgan fingerprint density at radius 1 is 0.898 bits per heavy atom. The van der Waals surface area contributed by atoms with E-state index in [4.69, 9.17) is 9.47 Å². The van der Waals surface area contributed by atoms with Crippen LogP contribution < -0.4 is 5.32 Å². The number of carbonyl (C=O) groups is 1. The number of benzene rings is 4. The van der Waals surface area contributed by atoms with Gasteiger partial charge in [0.15, 0.2) is 6.29 Å². The summed E-state index contributed by atoms with van der Waals surface area (Å²) in [6, 6.07) is 31.6. The molecule has 4 aromatic carbocycles. The van der Waals surface area contributed by atoms with Crippen molar-refractivity contribution in [3.63, 3.8) is 0 Å². The van der Waals surface area contributed by atoms with E-state index in [1.54, 1.807) is 16.4 Å². The van der Waals surface area contributed by atoms with Gasteiger partial charge in [0.25, 0.3) is 5.91 Å². The number of aromatic nitrogens is 6. The molecule has 1 saturated heterocycles. The maximum Gasteiger partial charge on any atom is 0.271 e. The number of ether oxygens (including phenoxy) is 2. The lowest BCUT2D eigenvalue weighted by atomic mass is 9.91. The van der Waals surface area contributed by atoms with Crippen LogP contribution in [0.4, 0.5) is 0 Å². The highest BCUT2D eigenvalue weighted by Gasteiger charge is 2.38. The molecule has 0 unspecified atom stereocenters. The van der Waals surface area contributed by atoms with E-state index in [2.05, 4.69) is 55.9 Å². The Labute approximate surface area is 287 Å². The third kappa shape index (κ3) is 7.37. The van der Waals surface area contributed by atoms with Crippen LogP contribution in [-0.4, -0.2) is 53.0 Å². The highest BCUT2D eigenvalue weighted by molar-refractivity contribution is 7.99. The first-order valence-electron chi connectivity index (χ1n) is 16.0. The molecule has 0 aliphatic carbocycles. The van der Waals surface area contributed by atoms with Crippen molar-refractivity contribution in [3.8, 4) is 11.1 Å². The molecule has 12 heteroatoms. The van der Waals surface area contributed by atoms with Crippen LogP contribution in [0.3, 0.4) is 0 Å². The first-order chi connectivity index (χ1) is 23.9. The first kappa shape index (κ1) is 32.5. The maximum absolute atomic E-state index is 12.8. The molecule has 7 rings (SSSR count). The number of fused-ring (bicyclic) bond motifs is 1. The highest BCUT2D eigenvalue weighted by atomic mass is 32.2. The van der Waals surface area contributed by atoms with Crippen LogP contribution in [-0.2, 0) is 29.7 Å². The largest absolute Gasteiger partial charge is 0.392 e. The van der Waals surface area contributed by atoms with E-state index in [0.29, 0.717) is 17.8 Å². The van der Waals surface area contributed by atoms with Gasteiger partial charge in [0.1, 0.15) is 5.69 Å². The SMILES string of the molecule is C[C@H]1[C@@H](CSc2nnnn2C)O[C@@H](c2ccc(-c3cccc(CNC(=O)c4cnc5ccccc5n4)c3)cc2)O[C@H]1c1ccc(CO)cc1. The number of nitrogens with zero attached hydrogens (tertiary/aromatic N) is 6. The summed E-state index contributed by atoms with van der Waals surface area (Å²) in [4.78, 5) is 21.6. The van der Waals surface area contributed by atoms with Crippen molar-refractivity contribution in [3.05, 3.63) is 131 Å². The Morgan fingerprint density at radius 3 is 2.43 bits per heavy atom. The van der Waals surface area contributed by atoms with Gasteiger partial charge in [-0.3, -0.25) is 9.78 Å². The summed E-state index contributed by atoms with van der Waals surface area (Å²) in [6.07, 6.45) is 0.550. The summed E-state index contributed by atoms with van der Waals surface area (Å²) in [5, 5.41) is 25.1. The minimum atomic E-state index is -0.587. The van der Waals surface area contributed by atoms with E-state index in [1.807, 2.05) is 85.9 Å². The zero-order chi connectivity index (χ0) is 33.7. The standard InChI is InChI=1S/C37H35N7O4S/c1-23-33(22-49-37-41-42-43-44(37)2)47-36(48-34(23)27-12-10-24(21-45)11-13-27)28-16-14-26(15-17-28)29-7-5-6-25(18-29)19-39-35(46)32-20-38-30-8-3-4-9-31(30)40-32/h3-18,20,23,33-34,36,45H,19,21-22H2,1-2H3,(H,39,46)/t23-,33+,34+,36+/m0/s1. The van der Waals surface area contributed by atoms with Crippen LogP contribution in [0, 0.1) is 5.92 Å². The molecule has 11 nitrogen and oxygen atoms in total. The lowest BCUT2D eigenvalue weighted by molar-refractivity contribution is -0.268. The average Bonchev–Trinajstić information content (AvgIpc) is 3.57. The Hall–Kier alpha value is -5.01. The van der Waals surface area contributed by atoms with E-state index >= 15 is 0 Å². The van der Waals surface area contributed by atoms with Crippen LogP contribution in [0.2, 0.25) is 0 Å². The molecule has 4 atom stereocenters. The molecule has 0 spiro atoms. The molecule has 2 aromatic heterocycles. The number of aryl methyl sites for hydroxylation is 1. The van der Waals surface area contributed by atoms with E-state index in [0.717, 1.165) is 44.1 Å². The molecule has 2 N–H and O–H groups in total. The molecule has 6 aromatic rings. The summed E-state index contributed by atoms with van der Waals surface area (Å²) in [5.74, 6) is 0.415. The van der Waals surface area contributed by atoms with Crippen LogP contribution in [0.5, 0.6) is 0 Å². The van der Waals surface area contributed by atoms with Crippen LogP contribution in [0.25, 0.3) is 22.2 Å². The number of aliphatic hydroxyl groups is 1. The number of hydrogen-bond acceptors (Lipinski definition) is 10. The second-order valence-corrected chi connectivity index (χ2v) is 13.0. The van der Waals surface area contributed by atoms with Gasteiger partial charge in [-0.2, -0.15) is 0 Å². The molecule has 1 amide bonds. The van der Waals surface area contributed by atoms with Crippen molar-refractivity contribution < 1.29 is 19.4 Å².